The van der Waals surface area contributed by atoms with Crippen molar-refractivity contribution in [2.24, 2.45) is 0 Å². The van der Waals surface area contributed by atoms with Gasteiger partial charge in [-0.3, -0.25) is 0 Å². The molecule has 3 rings (SSSR count). The fraction of sp³-hybridized carbons (Fsp3) is 0.368. The third kappa shape index (κ3) is 2.51. The van der Waals surface area contributed by atoms with Crippen LogP contribution >= 0.6 is 0 Å². The molecule has 0 fully saturated rings. The molecule has 2 aromatic carbocycles. The molecule has 0 bridgehead atoms. The van der Waals surface area contributed by atoms with Gasteiger partial charge in [0.1, 0.15) is 0 Å². The lowest BCUT2D eigenvalue weighted by Gasteiger charge is -2.23. The van der Waals surface area contributed by atoms with E-state index in [0.717, 1.165) is 25.2 Å². The first-order chi connectivity index (χ1) is 9.95. The van der Waals surface area contributed by atoms with E-state index >= 15 is 0 Å². The molecule has 0 saturated carbocycles. The van der Waals surface area contributed by atoms with Gasteiger partial charge in [-0.2, -0.15) is 0 Å². The first-order valence-electron chi connectivity index (χ1n) is 7.66. The number of fused-ring (bicyclic) bond motifs is 1. The average molecular weight is 280 g/mol. The van der Waals surface area contributed by atoms with Crippen LogP contribution in [0.4, 0.5) is 11.4 Å². The van der Waals surface area contributed by atoms with E-state index in [2.05, 4.69) is 56.9 Å². The fourth-order valence-electron chi connectivity index (χ4n) is 3.46. The van der Waals surface area contributed by atoms with Crippen LogP contribution in [0.2, 0.25) is 0 Å². The minimum atomic E-state index is 0.901. The number of benzene rings is 2. The minimum Gasteiger partial charge on any atom is -0.398 e. The summed E-state index contributed by atoms with van der Waals surface area (Å²) in [5, 5.41) is 0. The van der Waals surface area contributed by atoms with E-state index in [-0.39, 0.29) is 0 Å². The molecule has 0 spiro atoms. The van der Waals surface area contributed by atoms with Gasteiger partial charge in [-0.05, 0) is 68.0 Å². The highest BCUT2D eigenvalue weighted by Crippen LogP contribution is 2.33. The first kappa shape index (κ1) is 14.0. The van der Waals surface area contributed by atoms with Gasteiger partial charge in [0.25, 0.3) is 0 Å². The quantitative estimate of drug-likeness (QED) is 0.840. The molecule has 1 heterocycles. The lowest BCUT2D eigenvalue weighted by Crippen LogP contribution is -2.21. The van der Waals surface area contributed by atoms with Crippen LogP contribution in [-0.2, 0) is 13.0 Å². The summed E-state index contributed by atoms with van der Waals surface area (Å²) in [6.45, 7) is 10.8. The molecule has 2 nitrogen and oxygen atoms in total. The lowest BCUT2D eigenvalue weighted by molar-refractivity contribution is 0.826. The maximum absolute atomic E-state index is 6.10. The summed E-state index contributed by atoms with van der Waals surface area (Å²) in [5.41, 5.74) is 16.5. The highest BCUT2D eigenvalue weighted by Gasteiger charge is 2.21. The molecule has 1 aliphatic heterocycles. The van der Waals surface area contributed by atoms with Gasteiger partial charge in [-0.15, -0.1) is 0 Å². The lowest BCUT2D eigenvalue weighted by atomic mass is 9.99. The van der Waals surface area contributed by atoms with Crippen LogP contribution in [0.15, 0.2) is 24.3 Å². The summed E-state index contributed by atoms with van der Waals surface area (Å²) in [4.78, 5) is 2.47. The molecule has 0 atom stereocenters. The van der Waals surface area contributed by atoms with Gasteiger partial charge < -0.3 is 10.6 Å². The zero-order chi connectivity index (χ0) is 15.1. The molecule has 1 aliphatic rings. The highest BCUT2D eigenvalue weighted by molar-refractivity contribution is 5.67. The Labute approximate surface area is 127 Å². The molecular formula is C19H24N2. The minimum absolute atomic E-state index is 0.901. The molecule has 2 N–H and O–H groups in total. The summed E-state index contributed by atoms with van der Waals surface area (Å²) < 4.78 is 0. The van der Waals surface area contributed by atoms with E-state index in [9.17, 15) is 0 Å². The van der Waals surface area contributed by atoms with Crippen molar-refractivity contribution >= 4 is 11.4 Å². The second-order valence-electron chi connectivity index (χ2n) is 6.39. The van der Waals surface area contributed by atoms with Crippen LogP contribution in [0.3, 0.4) is 0 Å². The maximum Gasteiger partial charge on any atom is 0.0434 e. The number of anilines is 2. The van der Waals surface area contributed by atoms with Crippen molar-refractivity contribution < 1.29 is 0 Å². The second kappa shape index (κ2) is 5.10. The molecule has 110 valence electrons. The molecule has 0 aromatic heterocycles. The zero-order valence-corrected chi connectivity index (χ0v) is 13.5. The zero-order valence-electron chi connectivity index (χ0n) is 13.5. The van der Waals surface area contributed by atoms with E-state index in [0.29, 0.717) is 0 Å². The molecular weight excluding hydrogens is 256 g/mol. The Bertz CT molecular complexity index is 678. The predicted octanol–water partition coefficient (Wildman–Crippen LogP) is 4.07. The maximum atomic E-state index is 6.10. The molecule has 0 amide bonds. The van der Waals surface area contributed by atoms with Crippen molar-refractivity contribution in [1.29, 1.82) is 0 Å². The van der Waals surface area contributed by atoms with Crippen LogP contribution in [0.25, 0.3) is 0 Å². The van der Waals surface area contributed by atoms with Crippen LogP contribution in [-0.4, -0.2) is 6.54 Å². The third-order valence-electron chi connectivity index (χ3n) is 4.65. The van der Waals surface area contributed by atoms with Crippen LogP contribution < -0.4 is 10.6 Å². The summed E-state index contributed by atoms with van der Waals surface area (Å²) in [6, 6.07) is 8.96. The van der Waals surface area contributed by atoms with Crippen molar-refractivity contribution in [3.8, 4) is 0 Å². The Kier molecular flexibility index (Phi) is 3.40. The standard InChI is InChI=1S/C19H24N2/c1-12-7-13(2)17(14(3)8-12)11-21-6-5-16-9-15(4)18(20)10-19(16)21/h7-10H,5-6,11,20H2,1-4H3. The predicted molar refractivity (Wildman–Crippen MR) is 91.0 cm³/mol. The Morgan fingerprint density at radius 1 is 0.952 bits per heavy atom. The molecule has 0 saturated heterocycles. The molecule has 2 heteroatoms. The van der Waals surface area contributed by atoms with Gasteiger partial charge in [0.15, 0.2) is 0 Å². The number of nitrogen functional groups attached to an aromatic ring is 1. The Hall–Kier alpha value is -1.96. The monoisotopic (exact) mass is 280 g/mol. The molecule has 0 radical (unpaired) electrons. The second-order valence-corrected chi connectivity index (χ2v) is 6.39. The van der Waals surface area contributed by atoms with Crippen LogP contribution in [0.1, 0.15) is 33.4 Å². The summed E-state index contributed by atoms with van der Waals surface area (Å²) in [5.74, 6) is 0. The smallest absolute Gasteiger partial charge is 0.0434 e. The Morgan fingerprint density at radius 2 is 1.62 bits per heavy atom. The van der Waals surface area contributed by atoms with Gasteiger partial charge in [0.2, 0.25) is 0 Å². The first-order valence-corrected chi connectivity index (χ1v) is 7.66. The van der Waals surface area contributed by atoms with Crippen LogP contribution in [0, 0.1) is 27.7 Å². The van der Waals surface area contributed by atoms with E-state index < -0.39 is 0 Å². The number of aryl methyl sites for hydroxylation is 4. The van der Waals surface area contributed by atoms with Crippen molar-refractivity contribution in [3.63, 3.8) is 0 Å². The molecule has 2 aromatic rings. The number of rotatable bonds is 2. The Morgan fingerprint density at radius 3 is 2.29 bits per heavy atom. The van der Waals surface area contributed by atoms with Gasteiger partial charge in [-0.1, -0.05) is 23.8 Å². The van der Waals surface area contributed by atoms with E-state index in [1.807, 2.05) is 0 Å². The summed E-state index contributed by atoms with van der Waals surface area (Å²) in [6.07, 6.45) is 1.13. The van der Waals surface area contributed by atoms with E-state index in [1.54, 1.807) is 0 Å². The van der Waals surface area contributed by atoms with Crippen molar-refractivity contribution in [2.75, 3.05) is 17.2 Å². The highest BCUT2D eigenvalue weighted by atomic mass is 15.1. The summed E-state index contributed by atoms with van der Waals surface area (Å²) in [7, 11) is 0. The molecule has 0 unspecified atom stereocenters. The average Bonchev–Trinajstić information content (AvgIpc) is 2.77. The van der Waals surface area contributed by atoms with Crippen LogP contribution in [0.5, 0.6) is 0 Å². The van der Waals surface area contributed by atoms with Crippen molar-refractivity contribution in [2.45, 2.75) is 40.7 Å². The molecule has 21 heavy (non-hydrogen) atoms. The number of nitrogens with two attached hydrogens (primary N) is 1. The van der Waals surface area contributed by atoms with E-state index in [4.69, 9.17) is 5.73 Å². The number of nitrogens with zero attached hydrogens (tertiary/aromatic N) is 1. The normalized spacial score (nSPS) is 13.6. The van der Waals surface area contributed by atoms with Gasteiger partial charge in [0.05, 0.1) is 0 Å². The van der Waals surface area contributed by atoms with Crippen molar-refractivity contribution in [3.05, 3.63) is 57.6 Å². The fourth-order valence-corrected chi connectivity index (χ4v) is 3.46. The topological polar surface area (TPSA) is 29.3 Å². The van der Waals surface area contributed by atoms with Gasteiger partial charge in [0, 0.05) is 24.5 Å². The van der Waals surface area contributed by atoms with Gasteiger partial charge in [-0.25, -0.2) is 0 Å². The third-order valence-corrected chi connectivity index (χ3v) is 4.65. The van der Waals surface area contributed by atoms with E-state index in [1.165, 1.54) is 39.1 Å². The van der Waals surface area contributed by atoms with Crippen molar-refractivity contribution in [1.82, 2.24) is 0 Å². The Balaban J connectivity index is 1.94. The van der Waals surface area contributed by atoms with Gasteiger partial charge >= 0.3 is 0 Å². The SMILES string of the molecule is Cc1cc(C)c(CN2CCc3cc(C)c(N)cc32)c(C)c1. The number of hydrogen-bond donors (Lipinski definition) is 1. The number of hydrogen-bond acceptors (Lipinski definition) is 2. The largest absolute Gasteiger partial charge is 0.398 e. The summed E-state index contributed by atoms with van der Waals surface area (Å²) >= 11 is 0. The molecule has 0 aliphatic carbocycles.